The molecule has 0 bridgehead atoms. The predicted molar refractivity (Wildman–Crippen MR) is 175 cm³/mol. The Labute approximate surface area is 264 Å². The Morgan fingerprint density at radius 2 is 1.77 bits per heavy atom. The van der Waals surface area contributed by atoms with Gasteiger partial charge in [0.1, 0.15) is 6.10 Å². The zero-order valence-electron chi connectivity index (χ0n) is 27.4. The quantitative estimate of drug-likeness (QED) is 0.312. The van der Waals surface area contributed by atoms with Gasteiger partial charge < -0.3 is 35.6 Å². The number of carbonyl (C=O) groups excluding carboxylic acids is 2. The van der Waals surface area contributed by atoms with Crippen LogP contribution < -0.4 is 20.7 Å². The van der Waals surface area contributed by atoms with Crippen molar-refractivity contribution in [1.29, 1.82) is 0 Å². The van der Waals surface area contributed by atoms with Gasteiger partial charge in [0, 0.05) is 31.5 Å². The summed E-state index contributed by atoms with van der Waals surface area (Å²) in [7, 11) is 2.24. The number of anilines is 1. The number of hydrogen-bond acceptors (Lipinski definition) is 7. The third-order valence-electron chi connectivity index (χ3n) is 11.1. The van der Waals surface area contributed by atoms with Gasteiger partial charge in [0.05, 0.1) is 23.9 Å². The first-order valence-corrected chi connectivity index (χ1v) is 17.4. The summed E-state index contributed by atoms with van der Waals surface area (Å²) in [5.41, 5.74) is 1.32. The molecule has 246 valence electrons. The van der Waals surface area contributed by atoms with Crippen LogP contribution in [0.15, 0.2) is 18.2 Å². The lowest BCUT2D eigenvalue weighted by atomic mass is 9.66. The van der Waals surface area contributed by atoms with E-state index >= 15 is 0 Å². The molecular weight excluding hydrogens is 554 g/mol. The number of aliphatic hydroxyl groups is 1. The molecule has 44 heavy (non-hydrogen) atoms. The van der Waals surface area contributed by atoms with Gasteiger partial charge in [-0.25, -0.2) is 0 Å². The van der Waals surface area contributed by atoms with Gasteiger partial charge in [-0.15, -0.1) is 0 Å². The number of piperidine rings is 2. The van der Waals surface area contributed by atoms with Crippen LogP contribution in [0.2, 0.25) is 0 Å². The summed E-state index contributed by atoms with van der Waals surface area (Å²) >= 11 is 0. The molecule has 1 aromatic carbocycles. The summed E-state index contributed by atoms with van der Waals surface area (Å²) in [4.78, 5) is 31.5. The molecule has 3 heterocycles. The minimum atomic E-state index is -0.324. The van der Waals surface area contributed by atoms with Crippen molar-refractivity contribution < 1.29 is 19.4 Å². The van der Waals surface area contributed by atoms with E-state index in [1.54, 1.807) is 11.0 Å². The third kappa shape index (κ3) is 7.77. The highest BCUT2D eigenvalue weighted by molar-refractivity contribution is 6.02. The maximum absolute atomic E-state index is 13.9. The van der Waals surface area contributed by atoms with Crippen molar-refractivity contribution in [3.05, 3.63) is 23.8 Å². The second kappa shape index (κ2) is 15.4. The van der Waals surface area contributed by atoms with Gasteiger partial charge in [0.2, 0.25) is 5.91 Å². The van der Waals surface area contributed by atoms with Crippen molar-refractivity contribution in [2.75, 3.05) is 64.8 Å². The number of para-hydroxylation sites is 1. The third-order valence-corrected chi connectivity index (χ3v) is 11.1. The van der Waals surface area contributed by atoms with Crippen molar-refractivity contribution in [3.8, 4) is 5.75 Å². The number of ether oxygens (including phenoxy) is 1. The molecule has 3 fully saturated rings. The molecule has 2 amide bonds. The van der Waals surface area contributed by atoms with E-state index in [2.05, 4.69) is 34.8 Å². The van der Waals surface area contributed by atoms with Gasteiger partial charge in [0.15, 0.2) is 5.75 Å². The zero-order valence-corrected chi connectivity index (χ0v) is 27.4. The highest BCUT2D eigenvalue weighted by Gasteiger charge is 2.41. The Balaban J connectivity index is 1.41. The van der Waals surface area contributed by atoms with Crippen LogP contribution in [-0.2, 0) is 4.79 Å². The Hall–Kier alpha value is -2.20. The number of amides is 2. The maximum atomic E-state index is 13.9. The Bertz CT molecular complexity index is 1090. The zero-order chi connectivity index (χ0) is 31.1. The number of fused-ring (bicyclic) bond motifs is 1. The van der Waals surface area contributed by atoms with Crippen LogP contribution in [0.3, 0.4) is 0 Å². The molecule has 3 atom stereocenters. The van der Waals surface area contributed by atoms with Gasteiger partial charge in [-0.05, 0) is 102 Å². The van der Waals surface area contributed by atoms with Crippen LogP contribution in [0.1, 0.15) is 88.4 Å². The molecule has 0 radical (unpaired) electrons. The van der Waals surface area contributed by atoms with E-state index in [9.17, 15) is 14.7 Å². The number of likely N-dealkylation sites (N-methyl/N-ethyl adjacent to an activating group) is 1. The molecule has 1 aromatic rings. The van der Waals surface area contributed by atoms with Crippen molar-refractivity contribution in [2.24, 2.45) is 23.2 Å². The van der Waals surface area contributed by atoms with Crippen molar-refractivity contribution in [1.82, 2.24) is 20.4 Å². The minimum absolute atomic E-state index is 0.0171. The number of benzene rings is 1. The van der Waals surface area contributed by atoms with Gasteiger partial charge in [0.25, 0.3) is 5.91 Å². The van der Waals surface area contributed by atoms with Crippen molar-refractivity contribution >= 4 is 17.5 Å². The topological polar surface area (TPSA) is 106 Å². The Morgan fingerprint density at radius 3 is 2.45 bits per heavy atom. The lowest BCUT2D eigenvalue weighted by molar-refractivity contribution is -0.120. The molecule has 0 spiro atoms. The van der Waals surface area contributed by atoms with Crippen molar-refractivity contribution in [3.63, 3.8) is 0 Å². The van der Waals surface area contributed by atoms with E-state index in [1.165, 1.54) is 51.4 Å². The second-order valence-electron chi connectivity index (χ2n) is 14.3. The molecule has 1 saturated carbocycles. The molecule has 4 N–H and O–H groups in total. The summed E-state index contributed by atoms with van der Waals surface area (Å²) in [5, 5.41) is 20.2. The molecule has 2 saturated heterocycles. The summed E-state index contributed by atoms with van der Waals surface area (Å²) in [6.07, 6.45) is 12.0. The largest absolute Gasteiger partial charge is 0.486 e. The fourth-order valence-electron chi connectivity index (χ4n) is 8.30. The van der Waals surface area contributed by atoms with Gasteiger partial charge in [-0.1, -0.05) is 38.7 Å². The van der Waals surface area contributed by atoms with Crippen LogP contribution in [-0.4, -0.2) is 98.3 Å². The van der Waals surface area contributed by atoms with E-state index in [1.807, 2.05) is 19.1 Å². The number of rotatable bonds is 9. The highest BCUT2D eigenvalue weighted by Crippen LogP contribution is 2.45. The van der Waals surface area contributed by atoms with E-state index in [-0.39, 0.29) is 42.4 Å². The van der Waals surface area contributed by atoms with E-state index in [4.69, 9.17) is 4.74 Å². The fraction of sp³-hybridized carbons (Fsp3) is 0.771. The summed E-state index contributed by atoms with van der Waals surface area (Å²) in [6, 6.07) is 5.14. The normalized spacial score (nSPS) is 26.2. The lowest BCUT2D eigenvalue weighted by Crippen LogP contribution is -2.52. The van der Waals surface area contributed by atoms with Gasteiger partial charge >= 0.3 is 0 Å². The molecule has 1 aliphatic carbocycles. The predicted octanol–water partition coefficient (Wildman–Crippen LogP) is 4.12. The fourth-order valence-corrected chi connectivity index (χ4v) is 8.30. The van der Waals surface area contributed by atoms with Gasteiger partial charge in [-0.3, -0.25) is 9.59 Å². The average molecular weight is 612 g/mol. The van der Waals surface area contributed by atoms with Crippen LogP contribution in [0.5, 0.6) is 5.75 Å². The molecule has 0 aromatic heterocycles. The van der Waals surface area contributed by atoms with E-state index in [0.29, 0.717) is 29.0 Å². The SMILES string of the molecule is C[C@H]1CN([C@@H](C)CO)C(=O)c2cccc(NC(=O)C3CCNCC3)c2O[C@@H]1CN(C)CC1(C2CCCCCC2)CCNCC1. The standard InChI is InChI=1S/C35H57N5O4/c1-25-21-40(26(2)23-41)34(43)29-11-8-12-30(38-33(42)27-13-17-36-18-14-27)32(29)44-31(25)22-39(3)24-35(15-19-37-20-16-35)28-9-6-4-5-7-10-28/h8,11-12,25-28,31,36-37,41H,4-7,9-10,13-24H2,1-3H3,(H,38,42)/t25-,26-,31+/m0/s1. The Morgan fingerprint density at radius 1 is 1.09 bits per heavy atom. The van der Waals surface area contributed by atoms with Crippen LogP contribution in [0, 0.1) is 23.2 Å². The van der Waals surface area contributed by atoms with Crippen molar-refractivity contribution in [2.45, 2.75) is 90.2 Å². The van der Waals surface area contributed by atoms with Crippen LogP contribution in [0.4, 0.5) is 5.69 Å². The highest BCUT2D eigenvalue weighted by atomic mass is 16.5. The van der Waals surface area contributed by atoms with Crippen LogP contribution >= 0.6 is 0 Å². The number of nitrogens with one attached hydrogen (secondary N) is 3. The minimum Gasteiger partial charge on any atom is -0.486 e. The Kier molecular flexibility index (Phi) is 11.6. The maximum Gasteiger partial charge on any atom is 0.258 e. The average Bonchev–Trinajstić information content (AvgIpc) is 3.34. The number of carbonyl (C=O) groups is 2. The second-order valence-corrected chi connectivity index (χ2v) is 14.3. The first-order chi connectivity index (χ1) is 21.3. The number of nitrogens with zero attached hydrogens (tertiary/aromatic N) is 2. The summed E-state index contributed by atoms with van der Waals surface area (Å²) < 4.78 is 6.87. The van der Waals surface area contributed by atoms with Crippen LogP contribution in [0.25, 0.3) is 0 Å². The molecule has 0 unspecified atom stereocenters. The summed E-state index contributed by atoms with van der Waals surface area (Å²) in [6.45, 7) is 10.0. The number of aliphatic hydroxyl groups excluding tert-OH is 1. The first-order valence-electron chi connectivity index (χ1n) is 17.4. The smallest absolute Gasteiger partial charge is 0.258 e. The molecule has 9 nitrogen and oxygen atoms in total. The first kappa shape index (κ1) is 33.2. The van der Waals surface area contributed by atoms with Gasteiger partial charge in [-0.2, -0.15) is 0 Å². The molecular formula is C35H57N5O4. The monoisotopic (exact) mass is 611 g/mol. The lowest BCUT2D eigenvalue weighted by Gasteiger charge is -2.47. The summed E-state index contributed by atoms with van der Waals surface area (Å²) in [5.74, 6) is 1.00. The molecule has 9 heteroatoms. The van der Waals surface area contributed by atoms with E-state index in [0.717, 1.165) is 58.0 Å². The number of hydrogen-bond donors (Lipinski definition) is 4. The molecule has 4 aliphatic rings. The molecule has 5 rings (SSSR count). The molecule has 3 aliphatic heterocycles. The van der Waals surface area contributed by atoms with E-state index < -0.39 is 0 Å².